The number of rotatable bonds is 5. The molecule has 0 saturated carbocycles. The number of benzene rings is 1. The van der Waals surface area contributed by atoms with Gasteiger partial charge in [-0.05, 0) is 37.0 Å². The van der Waals surface area contributed by atoms with Gasteiger partial charge >= 0.3 is 6.16 Å². The molecule has 0 aliphatic rings. The molecule has 0 aromatic heterocycles. The zero-order chi connectivity index (χ0) is 11.1. The van der Waals surface area contributed by atoms with Gasteiger partial charge in [0.05, 0.1) is 6.61 Å². The lowest BCUT2D eigenvalue weighted by Crippen LogP contribution is -2.02. The molecule has 0 aliphatic heterocycles. The summed E-state index contributed by atoms with van der Waals surface area (Å²) < 4.78 is 4.40. The summed E-state index contributed by atoms with van der Waals surface area (Å²) in [5, 5.41) is 8.23. The van der Waals surface area contributed by atoms with E-state index in [4.69, 9.17) is 10.8 Å². The SMILES string of the molecule is Nc1cccc(CCCCOC(=O)O)c1. The number of anilines is 1. The van der Waals surface area contributed by atoms with Gasteiger partial charge in [-0.2, -0.15) is 0 Å². The van der Waals surface area contributed by atoms with Crippen molar-refractivity contribution in [1.82, 2.24) is 0 Å². The smallest absolute Gasteiger partial charge is 0.450 e. The zero-order valence-electron chi connectivity index (χ0n) is 8.48. The van der Waals surface area contributed by atoms with Crippen LogP contribution >= 0.6 is 0 Å². The van der Waals surface area contributed by atoms with Gasteiger partial charge in [0.1, 0.15) is 0 Å². The molecule has 1 rings (SSSR count). The first-order valence-corrected chi connectivity index (χ1v) is 4.88. The number of unbranched alkanes of at least 4 members (excludes halogenated alkanes) is 1. The lowest BCUT2D eigenvalue weighted by Gasteiger charge is -2.02. The van der Waals surface area contributed by atoms with E-state index in [2.05, 4.69) is 4.74 Å². The fraction of sp³-hybridized carbons (Fsp3) is 0.364. The molecule has 0 radical (unpaired) electrons. The number of ether oxygens (including phenoxy) is 1. The van der Waals surface area contributed by atoms with Gasteiger partial charge in [0.2, 0.25) is 0 Å². The molecule has 0 aliphatic carbocycles. The Morgan fingerprint density at radius 1 is 1.40 bits per heavy atom. The van der Waals surface area contributed by atoms with Crippen LogP contribution in [0.25, 0.3) is 0 Å². The summed E-state index contributed by atoms with van der Waals surface area (Å²) in [6.07, 6.45) is 1.32. The van der Waals surface area contributed by atoms with Crippen LogP contribution in [-0.4, -0.2) is 17.9 Å². The second kappa shape index (κ2) is 5.90. The van der Waals surface area contributed by atoms with Crippen LogP contribution in [0.4, 0.5) is 10.5 Å². The minimum Gasteiger partial charge on any atom is -0.450 e. The predicted octanol–water partition coefficient (Wildman–Crippen LogP) is 2.29. The summed E-state index contributed by atoms with van der Waals surface area (Å²) in [5.74, 6) is 0. The summed E-state index contributed by atoms with van der Waals surface area (Å²) >= 11 is 0. The highest BCUT2D eigenvalue weighted by Crippen LogP contribution is 2.09. The Bertz CT molecular complexity index is 325. The Morgan fingerprint density at radius 2 is 2.20 bits per heavy atom. The molecular formula is C11H15NO3. The molecule has 82 valence electrons. The lowest BCUT2D eigenvalue weighted by atomic mass is 10.1. The highest BCUT2D eigenvalue weighted by atomic mass is 16.7. The van der Waals surface area contributed by atoms with Gasteiger partial charge in [-0.25, -0.2) is 4.79 Å². The average Bonchev–Trinajstić information content (AvgIpc) is 2.17. The minimum absolute atomic E-state index is 0.262. The van der Waals surface area contributed by atoms with Gasteiger partial charge in [-0.1, -0.05) is 12.1 Å². The van der Waals surface area contributed by atoms with Crippen molar-refractivity contribution in [3.63, 3.8) is 0 Å². The fourth-order valence-corrected chi connectivity index (χ4v) is 1.34. The lowest BCUT2D eigenvalue weighted by molar-refractivity contribution is 0.0902. The Balaban J connectivity index is 2.17. The first-order valence-electron chi connectivity index (χ1n) is 4.88. The van der Waals surface area contributed by atoms with Gasteiger partial charge in [0, 0.05) is 5.69 Å². The highest BCUT2D eigenvalue weighted by molar-refractivity contribution is 5.56. The van der Waals surface area contributed by atoms with Gasteiger partial charge in [0.15, 0.2) is 0 Å². The van der Waals surface area contributed by atoms with E-state index < -0.39 is 6.16 Å². The Labute approximate surface area is 88.7 Å². The Kier molecular flexibility index (Phi) is 4.47. The van der Waals surface area contributed by atoms with Crippen LogP contribution < -0.4 is 5.73 Å². The zero-order valence-corrected chi connectivity index (χ0v) is 8.48. The molecule has 4 nitrogen and oxygen atoms in total. The minimum atomic E-state index is -1.21. The third kappa shape index (κ3) is 4.90. The maximum absolute atomic E-state index is 10.0. The number of aryl methyl sites for hydroxylation is 1. The van der Waals surface area contributed by atoms with E-state index in [0.717, 1.165) is 24.9 Å². The molecule has 0 atom stereocenters. The van der Waals surface area contributed by atoms with Crippen molar-refractivity contribution in [2.75, 3.05) is 12.3 Å². The molecule has 0 amide bonds. The van der Waals surface area contributed by atoms with Crippen LogP contribution in [0.5, 0.6) is 0 Å². The molecular weight excluding hydrogens is 194 g/mol. The summed E-state index contributed by atoms with van der Waals surface area (Å²) in [4.78, 5) is 10.0. The van der Waals surface area contributed by atoms with Crippen LogP contribution in [0.15, 0.2) is 24.3 Å². The molecule has 1 aromatic carbocycles. The molecule has 0 fully saturated rings. The van der Waals surface area contributed by atoms with Crippen molar-refractivity contribution >= 4 is 11.8 Å². The molecule has 3 N–H and O–H groups in total. The standard InChI is InChI=1S/C11H15NO3/c12-10-6-3-5-9(8-10)4-1-2-7-15-11(13)14/h3,5-6,8H,1-2,4,7,12H2,(H,13,14). The van der Waals surface area contributed by atoms with Crippen LogP contribution in [0, 0.1) is 0 Å². The topological polar surface area (TPSA) is 72.5 Å². The monoisotopic (exact) mass is 209 g/mol. The first kappa shape index (κ1) is 11.4. The van der Waals surface area contributed by atoms with Crippen molar-refractivity contribution in [2.45, 2.75) is 19.3 Å². The van der Waals surface area contributed by atoms with E-state index in [9.17, 15) is 4.79 Å². The Morgan fingerprint density at radius 3 is 2.87 bits per heavy atom. The third-order valence-electron chi connectivity index (χ3n) is 2.04. The van der Waals surface area contributed by atoms with Crippen LogP contribution in [0.2, 0.25) is 0 Å². The average molecular weight is 209 g/mol. The Hall–Kier alpha value is -1.71. The van der Waals surface area contributed by atoms with Crippen LogP contribution in [0.1, 0.15) is 18.4 Å². The normalized spacial score (nSPS) is 9.87. The van der Waals surface area contributed by atoms with Gasteiger partial charge in [-0.15, -0.1) is 0 Å². The molecule has 0 unspecified atom stereocenters. The number of hydrogen-bond donors (Lipinski definition) is 2. The van der Waals surface area contributed by atoms with Gasteiger partial charge in [-0.3, -0.25) is 0 Å². The van der Waals surface area contributed by atoms with Crippen molar-refractivity contribution in [3.8, 4) is 0 Å². The van der Waals surface area contributed by atoms with Crippen molar-refractivity contribution < 1.29 is 14.6 Å². The van der Waals surface area contributed by atoms with Crippen molar-refractivity contribution in [3.05, 3.63) is 29.8 Å². The van der Waals surface area contributed by atoms with E-state index in [-0.39, 0.29) is 6.61 Å². The van der Waals surface area contributed by atoms with E-state index >= 15 is 0 Å². The molecule has 4 heteroatoms. The molecule has 0 bridgehead atoms. The summed E-state index contributed by atoms with van der Waals surface area (Å²) in [5.41, 5.74) is 7.56. The van der Waals surface area contributed by atoms with Gasteiger partial charge in [0.25, 0.3) is 0 Å². The second-order valence-electron chi connectivity index (χ2n) is 3.32. The largest absolute Gasteiger partial charge is 0.505 e. The predicted molar refractivity (Wildman–Crippen MR) is 57.8 cm³/mol. The number of carboxylic acid groups (broad SMARTS) is 1. The van der Waals surface area contributed by atoms with Gasteiger partial charge < -0.3 is 15.6 Å². The fourth-order valence-electron chi connectivity index (χ4n) is 1.34. The number of carbonyl (C=O) groups is 1. The van der Waals surface area contributed by atoms with E-state index in [1.165, 1.54) is 5.56 Å². The summed E-state index contributed by atoms with van der Waals surface area (Å²) in [6.45, 7) is 0.262. The molecule has 0 heterocycles. The summed E-state index contributed by atoms with van der Waals surface area (Å²) in [7, 11) is 0. The van der Waals surface area contributed by atoms with Crippen LogP contribution in [-0.2, 0) is 11.2 Å². The summed E-state index contributed by atoms with van der Waals surface area (Å²) in [6, 6.07) is 7.70. The maximum Gasteiger partial charge on any atom is 0.505 e. The van der Waals surface area contributed by atoms with Crippen LogP contribution in [0.3, 0.4) is 0 Å². The van der Waals surface area contributed by atoms with Crippen molar-refractivity contribution in [1.29, 1.82) is 0 Å². The second-order valence-corrected chi connectivity index (χ2v) is 3.32. The first-order chi connectivity index (χ1) is 7.18. The third-order valence-corrected chi connectivity index (χ3v) is 2.04. The van der Waals surface area contributed by atoms with E-state index in [0.29, 0.717) is 0 Å². The molecule has 0 saturated heterocycles. The van der Waals surface area contributed by atoms with Crippen molar-refractivity contribution in [2.24, 2.45) is 0 Å². The quantitative estimate of drug-likeness (QED) is 0.443. The molecule has 15 heavy (non-hydrogen) atoms. The molecule has 1 aromatic rings. The van der Waals surface area contributed by atoms with E-state index in [1.54, 1.807) is 0 Å². The van der Waals surface area contributed by atoms with E-state index in [1.807, 2.05) is 24.3 Å². The number of hydrogen-bond acceptors (Lipinski definition) is 3. The number of nitrogens with two attached hydrogens (primary N) is 1. The number of nitrogen functional groups attached to an aromatic ring is 1. The molecule has 0 spiro atoms. The highest BCUT2D eigenvalue weighted by Gasteiger charge is 1.97. The maximum atomic E-state index is 10.0.